The number of hydrogen-bond donors (Lipinski definition) is 3. The molecule has 1 rings (SSSR count). The molecule has 1 aromatic carbocycles. The van der Waals surface area contributed by atoms with Crippen molar-refractivity contribution >= 4 is 11.7 Å². The summed E-state index contributed by atoms with van der Waals surface area (Å²) in [6.45, 7) is 3.30. The van der Waals surface area contributed by atoms with Gasteiger partial charge in [-0.1, -0.05) is 17.3 Å². The molecule has 0 saturated heterocycles. The van der Waals surface area contributed by atoms with Gasteiger partial charge in [-0.15, -0.1) is 0 Å². The number of rotatable bonds is 4. The largest absolute Gasteiger partial charge is 0.409 e. The van der Waals surface area contributed by atoms with Gasteiger partial charge in [0.2, 0.25) is 5.91 Å². The van der Waals surface area contributed by atoms with E-state index in [1.54, 1.807) is 19.1 Å². The third kappa shape index (κ3) is 3.44. The molecule has 0 aliphatic carbocycles. The van der Waals surface area contributed by atoms with Gasteiger partial charge in [-0.25, -0.2) is 4.39 Å². The number of oxime groups is 1. The molecule has 2 atom stereocenters. The van der Waals surface area contributed by atoms with Crippen molar-refractivity contribution in [2.75, 3.05) is 0 Å². The first-order valence-electron chi connectivity index (χ1n) is 5.49. The number of hydrogen-bond acceptors (Lipinski definition) is 3. The highest BCUT2D eigenvalue weighted by Gasteiger charge is 2.19. The lowest BCUT2D eigenvalue weighted by atomic mass is 10.1. The van der Waals surface area contributed by atoms with Crippen LogP contribution in [0.5, 0.6) is 0 Å². The Bertz CT molecular complexity index is 445. The molecule has 0 radical (unpaired) electrons. The van der Waals surface area contributed by atoms with Crippen molar-refractivity contribution < 1.29 is 14.4 Å². The molecule has 0 heterocycles. The maximum atomic E-state index is 12.7. The quantitative estimate of drug-likeness (QED) is 0.328. The molecule has 0 spiro atoms. The van der Waals surface area contributed by atoms with E-state index in [0.29, 0.717) is 0 Å². The van der Waals surface area contributed by atoms with E-state index in [-0.39, 0.29) is 23.6 Å². The number of nitrogens with one attached hydrogen (secondary N) is 1. The van der Waals surface area contributed by atoms with Gasteiger partial charge in [-0.05, 0) is 31.5 Å². The molecule has 2 unspecified atom stereocenters. The summed E-state index contributed by atoms with van der Waals surface area (Å²) in [6.07, 6.45) is 0. The van der Waals surface area contributed by atoms with Crippen molar-refractivity contribution in [1.82, 2.24) is 5.32 Å². The summed E-state index contributed by atoms with van der Waals surface area (Å²) in [5.74, 6) is -1.57. The second-order valence-corrected chi connectivity index (χ2v) is 4.03. The number of carbonyl (C=O) groups is 1. The Morgan fingerprint density at radius 3 is 2.44 bits per heavy atom. The molecular formula is C12H16FN3O2. The van der Waals surface area contributed by atoms with E-state index in [4.69, 9.17) is 10.9 Å². The third-order valence-electron chi connectivity index (χ3n) is 2.68. The highest BCUT2D eigenvalue weighted by Crippen LogP contribution is 2.13. The zero-order chi connectivity index (χ0) is 13.7. The average molecular weight is 253 g/mol. The van der Waals surface area contributed by atoms with E-state index in [1.165, 1.54) is 19.1 Å². The molecule has 6 heteroatoms. The summed E-state index contributed by atoms with van der Waals surface area (Å²) < 4.78 is 12.7. The molecule has 0 aliphatic rings. The third-order valence-corrected chi connectivity index (χ3v) is 2.68. The molecule has 98 valence electrons. The van der Waals surface area contributed by atoms with Crippen LogP contribution in [0, 0.1) is 11.7 Å². The number of nitrogens with two attached hydrogens (primary N) is 1. The molecule has 4 N–H and O–H groups in total. The van der Waals surface area contributed by atoms with Crippen molar-refractivity contribution in [2.24, 2.45) is 16.8 Å². The Hall–Kier alpha value is -2.11. The SMILES string of the molecule is CC(C(=O)NC(C)c1ccc(F)cc1)C(N)=NO. The van der Waals surface area contributed by atoms with Gasteiger partial charge in [-0.3, -0.25) is 4.79 Å². The molecule has 0 aliphatic heterocycles. The normalized spacial score (nSPS) is 14.9. The Morgan fingerprint density at radius 1 is 1.39 bits per heavy atom. The lowest BCUT2D eigenvalue weighted by Crippen LogP contribution is -2.38. The predicted octanol–water partition coefficient (Wildman–Crippen LogP) is 1.39. The molecule has 1 amide bonds. The smallest absolute Gasteiger partial charge is 0.231 e. The highest BCUT2D eigenvalue weighted by molar-refractivity contribution is 6.01. The number of benzene rings is 1. The second kappa shape index (κ2) is 6.00. The van der Waals surface area contributed by atoms with Crippen LogP contribution < -0.4 is 11.1 Å². The Labute approximate surface area is 104 Å². The van der Waals surface area contributed by atoms with Crippen LogP contribution in [0.3, 0.4) is 0 Å². The zero-order valence-corrected chi connectivity index (χ0v) is 10.2. The van der Waals surface area contributed by atoms with E-state index in [0.717, 1.165) is 5.56 Å². The number of carbonyl (C=O) groups excluding carboxylic acids is 1. The van der Waals surface area contributed by atoms with Crippen LogP contribution in [0.4, 0.5) is 4.39 Å². The first kappa shape index (κ1) is 14.0. The maximum absolute atomic E-state index is 12.7. The summed E-state index contributed by atoms with van der Waals surface area (Å²) in [5, 5.41) is 14.0. The number of amidine groups is 1. The van der Waals surface area contributed by atoms with Crippen molar-refractivity contribution in [3.63, 3.8) is 0 Å². The first-order valence-corrected chi connectivity index (χ1v) is 5.49. The highest BCUT2D eigenvalue weighted by atomic mass is 19.1. The van der Waals surface area contributed by atoms with E-state index >= 15 is 0 Å². The van der Waals surface area contributed by atoms with Crippen LogP contribution in [-0.4, -0.2) is 17.0 Å². The summed E-state index contributed by atoms with van der Waals surface area (Å²) in [7, 11) is 0. The van der Waals surface area contributed by atoms with Gasteiger partial charge < -0.3 is 16.3 Å². The minimum Gasteiger partial charge on any atom is -0.409 e. The van der Waals surface area contributed by atoms with Crippen LogP contribution in [-0.2, 0) is 4.79 Å². The van der Waals surface area contributed by atoms with Crippen molar-refractivity contribution in [3.8, 4) is 0 Å². The Morgan fingerprint density at radius 2 is 1.94 bits per heavy atom. The lowest BCUT2D eigenvalue weighted by molar-refractivity contribution is -0.123. The molecule has 1 aromatic rings. The predicted molar refractivity (Wildman–Crippen MR) is 65.5 cm³/mol. The van der Waals surface area contributed by atoms with E-state index in [9.17, 15) is 9.18 Å². The van der Waals surface area contributed by atoms with Gasteiger partial charge in [0.25, 0.3) is 0 Å². The van der Waals surface area contributed by atoms with Gasteiger partial charge in [0, 0.05) is 0 Å². The van der Waals surface area contributed by atoms with Crippen LogP contribution in [0.25, 0.3) is 0 Å². The molecule has 0 saturated carbocycles. The second-order valence-electron chi connectivity index (χ2n) is 4.03. The minimum atomic E-state index is -0.724. The number of nitrogens with zero attached hydrogens (tertiary/aromatic N) is 1. The molecule has 0 fully saturated rings. The van der Waals surface area contributed by atoms with Gasteiger partial charge >= 0.3 is 0 Å². The van der Waals surface area contributed by atoms with E-state index in [2.05, 4.69) is 10.5 Å². The monoisotopic (exact) mass is 253 g/mol. The fourth-order valence-electron chi connectivity index (χ4n) is 1.39. The fourth-order valence-corrected chi connectivity index (χ4v) is 1.39. The Balaban J connectivity index is 2.67. The summed E-state index contributed by atoms with van der Waals surface area (Å²) in [6, 6.07) is 5.55. The molecule has 5 nitrogen and oxygen atoms in total. The van der Waals surface area contributed by atoms with Gasteiger partial charge in [0.05, 0.1) is 12.0 Å². The summed E-state index contributed by atoms with van der Waals surface area (Å²) in [5.41, 5.74) is 6.12. The van der Waals surface area contributed by atoms with Crippen LogP contribution in [0.1, 0.15) is 25.5 Å². The average Bonchev–Trinajstić information content (AvgIpc) is 2.37. The van der Waals surface area contributed by atoms with Crippen LogP contribution in [0.2, 0.25) is 0 Å². The number of amides is 1. The van der Waals surface area contributed by atoms with Gasteiger partial charge in [-0.2, -0.15) is 0 Å². The summed E-state index contributed by atoms with van der Waals surface area (Å²) in [4.78, 5) is 11.7. The molecule has 0 aromatic heterocycles. The van der Waals surface area contributed by atoms with Crippen molar-refractivity contribution in [1.29, 1.82) is 0 Å². The van der Waals surface area contributed by atoms with Crippen LogP contribution in [0.15, 0.2) is 29.4 Å². The zero-order valence-electron chi connectivity index (χ0n) is 10.2. The summed E-state index contributed by atoms with van der Waals surface area (Å²) >= 11 is 0. The first-order chi connectivity index (χ1) is 8.45. The molecule has 0 bridgehead atoms. The van der Waals surface area contributed by atoms with Gasteiger partial charge in [0.1, 0.15) is 5.82 Å². The van der Waals surface area contributed by atoms with E-state index < -0.39 is 5.92 Å². The van der Waals surface area contributed by atoms with E-state index in [1.807, 2.05) is 0 Å². The topological polar surface area (TPSA) is 87.7 Å². The number of halogens is 1. The Kier molecular flexibility index (Phi) is 4.65. The molecule has 18 heavy (non-hydrogen) atoms. The minimum absolute atomic E-state index is 0.154. The van der Waals surface area contributed by atoms with Gasteiger partial charge in [0.15, 0.2) is 5.84 Å². The van der Waals surface area contributed by atoms with Crippen molar-refractivity contribution in [2.45, 2.75) is 19.9 Å². The lowest BCUT2D eigenvalue weighted by Gasteiger charge is -2.17. The van der Waals surface area contributed by atoms with Crippen LogP contribution >= 0.6 is 0 Å². The molecular weight excluding hydrogens is 237 g/mol. The maximum Gasteiger partial charge on any atom is 0.231 e. The standard InChI is InChI=1S/C12H16FN3O2/c1-7(11(14)16-18)12(17)15-8(2)9-3-5-10(13)6-4-9/h3-8,18H,1-2H3,(H2,14,16)(H,15,17). The fraction of sp³-hybridized carbons (Fsp3) is 0.333. The van der Waals surface area contributed by atoms with Crippen molar-refractivity contribution in [3.05, 3.63) is 35.6 Å².